The smallest absolute Gasteiger partial charge is 0.306 e. The first-order chi connectivity index (χ1) is 30.0. The number of hydrogen-bond donors (Lipinski definition) is 0. The molecule has 6 nitrogen and oxygen atoms in total. The number of unbranched alkanes of at least 4 members (excludes halogenated alkanes) is 40. The Morgan fingerprint density at radius 1 is 0.262 bits per heavy atom. The lowest BCUT2D eigenvalue weighted by molar-refractivity contribution is -0.167. The number of hydrogen-bond acceptors (Lipinski definition) is 6. The zero-order chi connectivity index (χ0) is 44.4. The summed E-state index contributed by atoms with van der Waals surface area (Å²) in [5, 5.41) is 0. The van der Waals surface area contributed by atoms with Crippen molar-refractivity contribution in [3.05, 3.63) is 0 Å². The molecule has 0 bridgehead atoms. The van der Waals surface area contributed by atoms with E-state index in [2.05, 4.69) is 20.8 Å². The zero-order valence-electron chi connectivity index (χ0n) is 41.5. The summed E-state index contributed by atoms with van der Waals surface area (Å²) < 4.78 is 16.7. The van der Waals surface area contributed by atoms with Gasteiger partial charge in [0.15, 0.2) is 6.10 Å². The third-order valence-electron chi connectivity index (χ3n) is 12.6. The minimum absolute atomic E-state index is 0.0631. The Morgan fingerprint density at radius 3 is 0.656 bits per heavy atom. The lowest BCUT2D eigenvalue weighted by Crippen LogP contribution is -2.30. The molecule has 0 aliphatic rings. The van der Waals surface area contributed by atoms with Gasteiger partial charge >= 0.3 is 17.9 Å². The second-order valence-corrected chi connectivity index (χ2v) is 18.9. The third-order valence-corrected chi connectivity index (χ3v) is 12.6. The molecular weight excluding hydrogens is 757 g/mol. The van der Waals surface area contributed by atoms with Crippen LogP contribution in [0.3, 0.4) is 0 Å². The normalized spacial score (nSPS) is 11.9. The SMILES string of the molecule is CCCCCCCCCCCCCCCCCCCCCCCCCCCC(=O)OCC(COC(=O)CCCCCCC)OC(=O)CCCCCCCCCCCCCCC. The Morgan fingerprint density at radius 2 is 0.443 bits per heavy atom. The molecule has 362 valence electrons. The number of rotatable bonds is 51. The second-order valence-electron chi connectivity index (χ2n) is 18.9. The Kier molecular flexibility index (Phi) is 49.7. The quantitative estimate of drug-likeness (QED) is 0.0344. The summed E-state index contributed by atoms with van der Waals surface area (Å²) in [5.41, 5.74) is 0. The van der Waals surface area contributed by atoms with Crippen LogP contribution in [0.2, 0.25) is 0 Å². The first-order valence-electron chi connectivity index (χ1n) is 27.5. The van der Waals surface area contributed by atoms with Gasteiger partial charge in [-0.15, -0.1) is 0 Å². The van der Waals surface area contributed by atoms with Crippen LogP contribution in [0.5, 0.6) is 0 Å². The van der Waals surface area contributed by atoms with Crippen molar-refractivity contribution in [2.45, 2.75) is 322 Å². The molecule has 1 atom stereocenters. The summed E-state index contributed by atoms with van der Waals surface area (Å²) in [6.45, 7) is 6.60. The fraction of sp³-hybridized carbons (Fsp3) is 0.945. The van der Waals surface area contributed by atoms with Gasteiger partial charge in [0.1, 0.15) is 13.2 Å². The number of carbonyl (C=O) groups is 3. The van der Waals surface area contributed by atoms with Gasteiger partial charge in [-0.05, 0) is 19.3 Å². The van der Waals surface area contributed by atoms with Gasteiger partial charge in [0.05, 0.1) is 0 Å². The summed E-state index contributed by atoms with van der Waals surface area (Å²) in [4.78, 5) is 37.6. The predicted molar refractivity (Wildman–Crippen MR) is 261 cm³/mol. The van der Waals surface area contributed by atoms with Gasteiger partial charge in [0.2, 0.25) is 0 Å². The topological polar surface area (TPSA) is 78.9 Å². The first-order valence-corrected chi connectivity index (χ1v) is 27.5. The van der Waals surface area contributed by atoms with Crippen LogP contribution in [-0.4, -0.2) is 37.2 Å². The largest absolute Gasteiger partial charge is 0.462 e. The Bertz CT molecular complexity index is 905. The van der Waals surface area contributed by atoms with E-state index >= 15 is 0 Å². The highest BCUT2D eigenvalue weighted by Gasteiger charge is 2.19. The van der Waals surface area contributed by atoms with Gasteiger partial charge in [-0.25, -0.2) is 0 Å². The molecule has 0 N–H and O–H groups in total. The number of esters is 3. The molecule has 0 amide bonds. The minimum atomic E-state index is -0.758. The highest BCUT2D eigenvalue weighted by molar-refractivity contribution is 5.71. The average molecular weight is 863 g/mol. The van der Waals surface area contributed by atoms with Crippen LogP contribution in [0, 0.1) is 0 Å². The van der Waals surface area contributed by atoms with Crippen LogP contribution < -0.4 is 0 Å². The molecule has 61 heavy (non-hydrogen) atoms. The molecule has 0 heterocycles. The van der Waals surface area contributed by atoms with E-state index in [4.69, 9.17) is 14.2 Å². The van der Waals surface area contributed by atoms with Gasteiger partial charge < -0.3 is 14.2 Å². The van der Waals surface area contributed by atoms with E-state index in [9.17, 15) is 14.4 Å². The van der Waals surface area contributed by atoms with Crippen molar-refractivity contribution in [3.63, 3.8) is 0 Å². The summed E-state index contributed by atoms with van der Waals surface area (Å²) in [6.07, 6.45) is 55.8. The second kappa shape index (κ2) is 51.0. The van der Waals surface area contributed by atoms with Crippen molar-refractivity contribution in [2.24, 2.45) is 0 Å². The van der Waals surface area contributed by atoms with E-state index in [0.29, 0.717) is 19.3 Å². The van der Waals surface area contributed by atoms with Crippen molar-refractivity contribution in [3.8, 4) is 0 Å². The molecule has 0 aliphatic heterocycles. The molecule has 0 fully saturated rings. The number of carbonyl (C=O) groups excluding carboxylic acids is 3. The van der Waals surface area contributed by atoms with E-state index in [1.54, 1.807) is 0 Å². The van der Waals surface area contributed by atoms with Crippen LogP contribution in [0.15, 0.2) is 0 Å². The van der Waals surface area contributed by atoms with E-state index in [-0.39, 0.29) is 31.1 Å². The van der Waals surface area contributed by atoms with Crippen molar-refractivity contribution in [1.29, 1.82) is 0 Å². The highest BCUT2D eigenvalue weighted by Crippen LogP contribution is 2.17. The van der Waals surface area contributed by atoms with E-state index in [1.165, 1.54) is 212 Å². The van der Waals surface area contributed by atoms with Crippen LogP contribution >= 0.6 is 0 Å². The molecule has 0 aromatic heterocycles. The molecule has 0 spiro atoms. The minimum Gasteiger partial charge on any atom is -0.462 e. The molecule has 0 radical (unpaired) electrons. The predicted octanol–water partition coefficient (Wildman–Crippen LogP) is 18.0. The third kappa shape index (κ3) is 49.3. The lowest BCUT2D eigenvalue weighted by atomic mass is 10.0. The molecule has 0 saturated heterocycles. The van der Waals surface area contributed by atoms with Gasteiger partial charge in [0.25, 0.3) is 0 Å². The number of ether oxygens (including phenoxy) is 3. The van der Waals surface area contributed by atoms with Crippen molar-refractivity contribution in [2.75, 3.05) is 13.2 Å². The van der Waals surface area contributed by atoms with Gasteiger partial charge in [-0.3, -0.25) is 14.4 Å². The standard InChI is InChI=1S/C55H106O6/c1-4-7-10-13-15-17-19-21-22-23-24-25-26-27-28-29-30-31-32-34-35-37-39-42-45-48-54(57)60-51-52(50-59-53(56)47-44-41-12-9-6-3)61-55(58)49-46-43-40-38-36-33-20-18-16-14-11-8-5-2/h52H,4-51H2,1-3H3. The maximum Gasteiger partial charge on any atom is 0.306 e. The monoisotopic (exact) mass is 863 g/mol. The Hall–Kier alpha value is -1.59. The van der Waals surface area contributed by atoms with E-state index < -0.39 is 6.10 Å². The summed E-state index contributed by atoms with van der Waals surface area (Å²) in [6, 6.07) is 0. The van der Waals surface area contributed by atoms with Crippen LogP contribution in [0.1, 0.15) is 316 Å². The Balaban J connectivity index is 3.96. The summed E-state index contributed by atoms with van der Waals surface area (Å²) in [5.74, 6) is -0.857. The van der Waals surface area contributed by atoms with Gasteiger partial charge in [-0.1, -0.05) is 278 Å². The van der Waals surface area contributed by atoms with Crippen molar-refractivity contribution >= 4 is 17.9 Å². The molecule has 0 aliphatic carbocycles. The maximum atomic E-state index is 12.7. The van der Waals surface area contributed by atoms with Crippen molar-refractivity contribution in [1.82, 2.24) is 0 Å². The molecular formula is C55H106O6. The van der Waals surface area contributed by atoms with Gasteiger partial charge in [-0.2, -0.15) is 0 Å². The van der Waals surface area contributed by atoms with Gasteiger partial charge in [0, 0.05) is 19.3 Å². The van der Waals surface area contributed by atoms with Crippen LogP contribution in [0.4, 0.5) is 0 Å². The fourth-order valence-electron chi connectivity index (χ4n) is 8.45. The summed E-state index contributed by atoms with van der Waals surface area (Å²) >= 11 is 0. The molecule has 6 heteroatoms. The van der Waals surface area contributed by atoms with Crippen molar-refractivity contribution < 1.29 is 28.6 Å². The molecule has 0 saturated carbocycles. The molecule has 0 aromatic carbocycles. The molecule has 0 aromatic rings. The first kappa shape index (κ1) is 59.4. The summed E-state index contributed by atoms with van der Waals surface area (Å²) in [7, 11) is 0. The van der Waals surface area contributed by atoms with Crippen LogP contribution in [0.25, 0.3) is 0 Å². The molecule has 1 unspecified atom stereocenters. The van der Waals surface area contributed by atoms with Crippen LogP contribution in [-0.2, 0) is 28.6 Å². The Labute approximate surface area is 380 Å². The molecule has 0 rings (SSSR count). The zero-order valence-corrected chi connectivity index (χ0v) is 41.5. The van der Waals surface area contributed by atoms with E-state index in [0.717, 1.165) is 64.2 Å². The maximum absolute atomic E-state index is 12.7. The lowest BCUT2D eigenvalue weighted by Gasteiger charge is -2.18. The highest BCUT2D eigenvalue weighted by atomic mass is 16.6. The fourth-order valence-corrected chi connectivity index (χ4v) is 8.45. The average Bonchev–Trinajstić information content (AvgIpc) is 3.26. The van der Waals surface area contributed by atoms with E-state index in [1.807, 2.05) is 0 Å².